The van der Waals surface area contributed by atoms with Gasteiger partial charge in [-0.3, -0.25) is 4.21 Å². The van der Waals surface area contributed by atoms with Crippen molar-refractivity contribution >= 4 is 16.8 Å². The van der Waals surface area contributed by atoms with Crippen molar-refractivity contribution in [1.82, 2.24) is 0 Å². The quantitative estimate of drug-likeness (QED) is 0.938. The summed E-state index contributed by atoms with van der Waals surface area (Å²) in [4.78, 5) is 11.7. The van der Waals surface area contributed by atoms with Crippen molar-refractivity contribution in [3.63, 3.8) is 0 Å². The van der Waals surface area contributed by atoms with Gasteiger partial charge in [0.1, 0.15) is 0 Å². The van der Waals surface area contributed by atoms with Gasteiger partial charge < -0.3 is 5.11 Å². The molecule has 2 rings (SSSR count). The number of aryl methyl sites for hydroxylation is 3. The van der Waals surface area contributed by atoms with E-state index in [0.717, 1.165) is 16.7 Å². The van der Waals surface area contributed by atoms with Crippen LogP contribution in [0.15, 0.2) is 41.3 Å². The van der Waals surface area contributed by atoms with Crippen LogP contribution in [0.25, 0.3) is 0 Å². The van der Waals surface area contributed by atoms with E-state index in [2.05, 4.69) is 0 Å². The van der Waals surface area contributed by atoms with Crippen molar-refractivity contribution in [2.24, 2.45) is 0 Å². The Kier molecular flexibility index (Phi) is 4.58. The molecule has 0 radical (unpaired) electrons. The van der Waals surface area contributed by atoms with Crippen molar-refractivity contribution in [2.45, 2.75) is 31.4 Å². The third-order valence-electron chi connectivity index (χ3n) is 3.62. The molecule has 0 saturated heterocycles. The molecular weight excluding hydrogens is 284 g/mol. The molecule has 21 heavy (non-hydrogen) atoms. The Morgan fingerprint density at radius 3 is 2.24 bits per heavy atom. The summed E-state index contributed by atoms with van der Waals surface area (Å²) in [5.41, 5.74) is 4.16. The molecule has 1 atom stereocenters. The Hall–Kier alpha value is -1.94. The molecule has 0 aliphatic rings. The first-order valence-electron chi connectivity index (χ1n) is 6.67. The minimum atomic E-state index is -1.25. The van der Waals surface area contributed by atoms with Gasteiger partial charge >= 0.3 is 5.97 Å². The summed E-state index contributed by atoms with van der Waals surface area (Å²) in [6, 6.07) is 10.9. The van der Waals surface area contributed by atoms with E-state index in [1.54, 1.807) is 19.1 Å². The Labute approximate surface area is 127 Å². The summed E-state index contributed by atoms with van der Waals surface area (Å²) in [5.74, 6) is -0.584. The number of hydrogen-bond donors (Lipinski definition) is 1. The first kappa shape index (κ1) is 15.4. The van der Waals surface area contributed by atoms with Gasteiger partial charge in [-0.05, 0) is 55.2 Å². The van der Waals surface area contributed by atoms with E-state index in [4.69, 9.17) is 5.11 Å². The largest absolute Gasteiger partial charge is 0.478 e. The van der Waals surface area contributed by atoms with Crippen molar-refractivity contribution in [3.05, 3.63) is 64.2 Å². The SMILES string of the molecule is Cc1ccc(S(=O)Cc2c(C)cccc2C)cc1C(=O)O. The molecule has 2 aromatic carbocycles. The maximum absolute atomic E-state index is 12.5. The fourth-order valence-electron chi connectivity index (χ4n) is 2.26. The summed E-state index contributed by atoms with van der Waals surface area (Å²) < 4.78 is 12.5. The molecule has 0 heterocycles. The van der Waals surface area contributed by atoms with Crippen LogP contribution in [0.3, 0.4) is 0 Å². The Balaban J connectivity index is 2.33. The van der Waals surface area contributed by atoms with E-state index >= 15 is 0 Å². The zero-order chi connectivity index (χ0) is 15.6. The van der Waals surface area contributed by atoms with Gasteiger partial charge in [-0.2, -0.15) is 0 Å². The van der Waals surface area contributed by atoms with Gasteiger partial charge in [0.25, 0.3) is 0 Å². The number of aromatic carboxylic acids is 1. The van der Waals surface area contributed by atoms with Crippen molar-refractivity contribution in [3.8, 4) is 0 Å². The van der Waals surface area contributed by atoms with Crippen LogP contribution < -0.4 is 0 Å². The van der Waals surface area contributed by atoms with Crippen molar-refractivity contribution in [2.75, 3.05) is 0 Å². The number of benzene rings is 2. The molecule has 0 aliphatic heterocycles. The standard InChI is InChI=1S/C17H18O3S/c1-11-5-4-6-12(2)16(11)10-21(20)14-8-7-13(3)15(9-14)17(18)19/h4-9H,10H2,1-3H3,(H,18,19). The molecule has 0 aliphatic carbocycles. The molecule has 1 N–H and O–H groups in total. The highest BCUT2D eigenvalue weighted by Gasteiger charge is 2.13. The minimum Gasteiger partial charge on any atom is -0.478 e. The Bertz CT molecular complexity index is 700. The van der Waals surface area contributed by atoms with Crippen LogP contribution in [0.2, 0.25) is 0 Å². The zero-order valence-electron chi connectivity index (χ0n) is 12.3. The van der Waals surface area contributed by atoms with Crippen LogP contribution in [0.1, 0.15) is 32.6 Å². The predicted molar refractivity (Wildman–Crippen MR) is 84.2 cm³/mol. The normalized spacial score (nSPS) is 12.1. The molecule has 0 bridgehead atoms. The molecular formula is C17H18O3S. The van der Waals surface area contributed by atoms with Gasteiger partial charge in [0.15, 0.2) is 0 Å². The van der Waals surface area contributed by atoms with Crippen LogP contribution in [-0.4, -0.2) is 15.3 Å². The van der Waals surface area contributed by atoms with E-state index in [0.29, 0.717) is 16.2 Å². The molecule has 110 valence electrons. The molecule has 3 nitrogen and oxygen atoms in total. The highest BCUT2D eigenvalue weighted by atomic mass is 32.2. The van der Waals surface area contributed by atoms with E-state index in [9.17, 15) is 9.00 Å². The second-order valence-corrected chi connectivity index (χ2v) is 6.59. The zero-order valence-corrected chi connectivity index (χ0v) is 13.2. The first-order chi connectivity index (χ1) is 9.90. The molecule has 4 heteroatoms. The molecule has 1 unspecified atom stereocenters. The summed E-state index contributed by atoms with van der Waals surface area (Å²) in [7, 11) is -1.25. The topological polar surface area (TPSA) is 54.4 Å². The summed E-state index contributed by atoms with van der Waals surface area (Å²) in [6.45, 7) is 5.73. The maximum Gasteiger partial charge on any atom is 0.335 e. The number of rotatable bonds is 4. The van der Waals surface area contributed by atoms with Gasteiger partial charge in [-0.1, -0.05) is 24.3 Å². The molecule has 0 aromatic heterocycles. The number of carboxylic acid groups (broad SMARTS) is 1. The summed E-state index contributed by atoms with van der Waals surface area (Å²) in [6.07, 6.45) is 0. The lowest BCUT2D eigenvalue weighted by molar-refractivity contribution is 0.0696. The number of hydrogen-bond acceptors (Lipinski definition) is 2. The van der Waals surface area contributed by atoms with E-state index < -0.39 is 16.8 Å². The lowest BCUT2D eigenvalue weighted by Gasteiger charge is -2.10. The molecule has 2 aromatic rings. The third-order valence-corrected chi connectivity index (χ3v) is 4.95. The third kappa shape index (κ3) is 3.39. The highest BCUT2D eigenvalue weighted by molar-refractivity contribution is 7.84. The van der Waals surface area contributed by atoms with Gasteiger partial charge in [0.05, 0.1) is 22.1 Å². The molecule has 0 saturated carbocycles. The van der Waals surface area contributed by atoms with Crippen LogP contribution >= 0.6 is 0 Å². The Morgan fingerprint density at radius 2 is 1.67 bits per heavy atom. The second kappa shape index (κ2) is 6.22. The van der Waals surface area contributed by atoms with Gasteiger partial charge in [0.2, 0.25) is 0 Å². The highest BCUT2D eigenvalue weighted by Crippen LogP contribution is 2.21. The molecule has 0 spiro atoms. The van der Waals surface area contributed by atoms with Crippen LogP contribution in [0.4, 0.5) is 0 Å². The first-order valence-corrected chi connectivity index (χ1v) is 7.99. The second-order valence-electron chi connectivity index (χ2n) is 5.14. The van der Waals surface area contributed by atoms with Gasteiger partial charge in [0, 0.05) is 4.90 Å². The lowest BCUT2D eigenvalue weighted by Crippen LogP contribution is -2.04. The van der Waals surface area contributed by atoms with Gasteiger partial charge in [-0.25, -0.2) is 4.79 Å². The van der Waals surface area contributed by atoms with Gasteiger partial charge in [-0.15, -0.1) is 0 Å². The molecule has 0 amide bonds. The van der Waals surface area contributed by atoms with Crippen molar-refractivity contribution in [1.29, 1.82) is 0 Å². The fraction of sp³-hybridized carbons (Fsp3) is 0.235. The monoisotopic (exact) mass is 302 g/mol. The van der Waals surface area contributed by atoms with Crippen LogP contribution in [-0.2, 0) is 16.6 Å². The summed E-state index contributed by atoms with van der Waals surface area (Å²) >= 11 is 0. The van der Waals surface area contributed by atoms with E-state index in [1.165, 1.54) is 6.07 Å². The molecule has 0 fully saturated rings. The smallest absolute Gasteiger partial charge is 0.335 e. The lowest BCUT2D eigenvalue weighted by atomic mass is 10.1. The van der Waals surface area contributed by atoms with E-state index in [1.807, 2.05) is 32.0 Å². The van der Waals surface area contributed by atoms with E-state index in [-0.39, 0.29) is 5.56 Å². The maximum atomic E-state index is 12.5. The minimum absolute atomic E-state index is 0.211. The average molecular weight is 302 g/mol. The Morgan fingerprint density at radius 1 is 1.05 bits per heavy atom. The summed E-state index contributed by atoms with van der Waals surface area (Å²) in [5, 5.41) is 9.15. The van der Waals surface area contributed by atoms with Crippen molar-refractivity contribution < 1.29 is 14.1 Å². The average Bonchev–Trinajstić information content (AvgIpc) is 2.43. The number of carbonyl (C=O) groups is 1. The van der Waals surface area contributed by atoms with Crippen LogP contribution in [0, 0.1) is 20.8 Å². The predicted octanol–water partition coefficient (Wildman–Crippen LogP) is 3.62. The number of carboxylic acids is 1. The van der Waals surface area contributed by atoms with Crippen LogP contribution in [0.5, 0.6) is 0 Å². The fourth-order valence-corrected chi connectivity index (χ4v) is 3.62.